The van der Waals surface area contributed by atoms with E-state index in [4.69, 9.17) is 23.2 Å². The number of rotatable bonds is 4. The van der Waals surface area contributed by atoms with Gasteiger partial charge in [-0.05, 0) is 36.0 Å². The van der Waals surface area contributed by atoms with Gasteiger partial charge in [-0.25, -0.2) is 0 Å². The largest absolute Gasteiger partial charge is 0.307 e. The molecule has 1 unspecified atom stereocenters. The Balaban J connectivity index is 2.52. The smallest absolute Gasteiger partial charge is 0.0946 e. The molecule has 0 saturated heterocycles. The van der Waals surface area contributed by atoms with Gasteiger partial charge in [-0.2, -0.15) is 5.10 Å². The molecule has 0 bridgehead atoms. The van der Waals surface area contributed by atoms with E-state index in [1.165, 1.54) is 0 Å². The van der Waals surface area contributed by atoms with Crippen molar-refractivity contribution >= 4 is 39.1 Å². The average Bonchev–Trinajstić information content (AvgIpc) is 2.74. The lowest BCUT2D eigenvalue weighted by atomic mass is 10.1. The third-order valence-electron chi connectivity index (χ3n) is 2.80. The van der Waals surface area contributed by atoms with Crippen LogP contribution in [0.25, 0.3) is 0 Å². The van der Waals surface area contributed by atoms with Crippen molar-refractivity contribution in [3.8, 4) is 0 Å². The van der Waals surface area contributed by atoms with E-state index >= 15 is 0 Å². The molecule has 0 aliphatic carbocycles. The average molecular weight is 364 g/mol. The molecule has 2 heterocycles. The minimum Gasteiger partial charge on any atom is -0.307 e. The van der Waals surface area contributed by atoms with Crippen molar-refractivity contribution in [1.82, 2.24) is 20.1 Å². The molecule has 1 N–H and O–H groups in total. The second-order valence-electron chi connectivity index (χ2n) is 3.94. The number of nitrogens with one attached hydrogen (secondary N) is 1. The highest BCUT2D eigenvalue weighted by Gasteiger charge is 2.23. The maximum absolute atomic E-state index is 6.24. The van der Waals surface area contributed by atoms with Gasteiger partial charge in [-0.1, -0.05) is 23.2 Å². The molecule has 0 radical (unpaired) electrons. The van der Waals surface area contributed by atoms with Crippen LogP contribution in [0.2, 0.25) is 10.0 Å². The fourth-order valence-electron chi connectivity index (χ4n) is 1.95. The highest BCUT2D eigenvalue weighted by Crippen LogP contribution is 2.32. The van der Waals surface area contributed by atoms with Crippen LogP contribution in [0.1, 0.15) is 24.4 Å². The molecule has 2 aromatic rings. The van der Waals surface area contributed by atoms with Gasteiger partial charge in [0.2, 0.25) is 0 Å². The summed E-state index contributed by atoms with van der Waals surface area (Å²) >= 11 is 15.6. The number of aromatic nitrogens is 3. The van der Waals surface area contributed by atoms with E-state index in [0.717, 1.165) is 22.4 Å². The Morgan fingerprint density at radius 2 is 2.16 bits per heavy atom. The molecule has 102 valence electrons. The van der Waals surface area contributed by atoms with Crippen LogP contribution >= 0.6 is 39.1 Å². The maximum Gasteiger partial charge on any atom is 0.0946 e. The van der Waals surface area contributed by atoms with Gasteiger partial charge in [0.1, 0.15) is 0 Å². The zero-order valence-electron chi connectivity index (χ0n) is 10.5. The Bertz CT molecular complexity index is 585. The van der Waals surface area contributed by atoms with Crippen molar-refractivity contribution in [3.63, 3.8) is 0 Å². The van der Waals surface area contributed by atoms with E-state index in [0.29, 0.717) is 10.0 Å². The van der Waals surface area contributed by atoms with E-state index in [-0.39, 0.29) is 6.04 Å². The van der Waals surface area contributed by atoms with E-state index in [1.807, 2.05) is 18.7 Å². The zero-order valence-corrected chi connectivity index (χ0v) is 13.6. The highest BCUT2D eigenvalue weighted by molar-refractivity contribution is 9.10. The quantitative estimate of drug-likeness (QED) is 0.900. The second kappa shape index (κ2) is 6.22. The lowest BCUT2D eigenvalue weighted by Crippen LogP contribution is -2.23. The Morgan fingerprint density at radius 1 is 1.42 bits per heavy atom. The summed E-state index contributed by atoms with van der Waals surface area (Å²) in [6.07, 6.45) is 3.36. The van der Waals surface area contributed by atoms with E-state index in [1.54, 1.807) is 18.5 Å². The molecule has 4 nitrogen and oxygen atoms in total. The fourth-order valence-corrected chi connectivity index (χ4v) is 2.97. The predicted molar refractivity (Wildman–Crippen MR) is 80.8 cm³/mol. The number of aryl methyl sites for hydroxylation is 1. The zero-order chi connectivity index (χ0) is 14.0. The highest BCUT2D eigenvalue weighted by atomic mass is 79.9. The van der Waals surface area contributed by atoms with Crippen LogP contribution in [0.15, 0.2) is 22.9 Å². The fraction of sp³-hybridized carbons (Fsp3) is 0.333. The molecule has 7 heteroatoms. The van der Waals surface area contributed by atoms with Gasteiger partial charge < -0.3 is 5.32 Å². The second-order valence-corrected chi connectivity index (χ2v) is 5.63. The first kappa shape index (κ1) is 14.8. The van der Waals surface area contributed by atoms with Gasteiger partial charge in [0.25, 0.3) is 0 Å². The summed E-state index contributed by atoms with van der Waals surface area (Å²) in [6, 6.07) is 1.54. The van der Waals surface area contributed by atoms with Crippen molar-refractivity contribution in [1.29, 1.82) is 0 Å². The van der Waals surface area contributed by atoms with Gasteiger partial charge >= 0.3 is 0 Å². The monoisotopic (exact) mass is 362 g/mol. The first-order valence-corrected chi connectivity index (χ1v) is 7.32. The Hall–Kier alpha value is -0.620. The van der Waals surface area contributed by atoms with Crippen LogP contribution in [0.4, 0.5) is 0 Å². The van der Waals surface area contributed by atoms with Crippen LogP contribution in [-0.2, 0) is 6.54 Å². The van der Waals surface area contributed by atoms with Crippen molar-refractivity contribution < 1.29 is 0 Å². The topological polar surface area (TPSA) is 42.7 Å². The summed E-state index contributed by atoms with van der Waals surface area (Å²) in [6.45, 7) is 2.80. The van der Waals surface area contributed by atoms with Gasteiger partial charge in [0, 0.05) is 12.7 Å². The van der Waals surface area contributed by atoms with Gasteiger partial charge in [0.15, 0.2) is 0 Å². The minimum absolute atomic E-state index is 0.151. The number of hydrogen-bond donors (Lipinski definition) is 1. The summed E-state index contributed by atoms with van der Waals surface area (Å²) in [5.74, 6) is 0. The molecular weight excluding hydrogens is 351 g/mol. The SMILES string of the molecule is CCn1ncc(Br)c1C(NC)c1ncc(Cl)cc1Cl. The Labute approximate surface area is 130 Å². The van der Waals surface area contributed by atoms with Crippen LogP contribution in [0, 0.1) is 0 Å². The molecule has 0 aliphatic heterocycles. The third kappa shape index (κ3) is 2.94. The summed E-state index contributed by atoms with van der Waals surface area (Å²) in [5, 5.41) is 8.57. The molecule has 0 saturated carbocycles. The molecule has 2 rings (SSSR count). The van der Waals surface area contributed by atoms with Crippen LogP contribution in [0.3, 0.4) is 0 Å². The summed E-state index contributed by atoms with van der Waals surface area (Å²) in [7, 11) is 1.86. The van der Waals surface area contributed by atoms with Crippen molar-refractivity contribution in [2.75, 3.05) is 7.05 Å². The van der Waals surface area contributed by atoms with Crippen LogP contribution in [-0.4, -0.2) is 21.8 Å². The number of halogens is 3. The molecule has 19 heavy (non-hydrogen) atoms. The van der Waals surface area contributed by atoms with Crippen LogP contribution < -0.4 is 5.32 Å². The van der Waals surface area contributed by atoms with Crippen molar-refractivity contribution in [3.05, 3.63) is 44.4 Å². The van der Waals surface area contributed by atoms with E-state index in [2.05, 4.69) is 31.3 Å². The lowest BCUT2D eigenvalue weighted by Gasteiger charge is -2.19. The number of hydrogen-bond acceptors (Lipinski definition) is 3. The standard InChI is InChI=1S/C12H13BrCl2N4/c1-3-19-12(8(13)6-18-19)11(16-2)10-9(15)4-7(14)5-17-10/h4-6,11,16H,3H2,1-2H3. The first-order valence-electron chi connectivity index (χ1n) is 5.77. The third-order valence-corrected chi connectivity index (χ3v) is 3.93. The molecule has 0 aromatic carbocycles. The van der Waals surface area contributed by atoms with Gasteiger partial charge in [-0.3, -0.25) is 9.67 Å². The van der Waals surface area contributed by atoms with Gasteiger partial charge in [-0.15, -0.1) is 0 Å². The summed E-state index contributed by atoms with van der Waals surface area (Å²) in [5.41, 5.74) is 1.71. The minimum atomic E-state index is -0.151. The van der Waals surface area contributed by atoms with Gasteiger partial charge in [0.05, 0.1) is 38.1 Å². The first-order chi connectivity index (χ1) is 9.08. The molecular formula is C12H13BrCl2N4. The lowest BCUT2D eigenvalue weighted by molar-refractivity contribution is 0.554. The molecule has 0 fully saturated rings. The number of pyridine rings is 1. The van der Waals surface area contributed by atoms with Crippen molar-refractivity contribution in [2.45, 2.75) is 19.5 Å². The normalized spacial score (nSPS) is 12.7. The predicted octanol–water partition coefficient (Wildman–Crippen LogP) is 3.68. The molecule has 0 spiro atoms. The van der Waals surface area contributed by atoms with E-state index < -0.39 is 0 Å². The maximum atomic E-state index is 6.24. The van der Waals surface area contributed by atoms with E-state index in [9.17, 15) is 0 Å². The van der Waals surface area contributed by atoms with Crippen molar-refractivity contribution in [2.24, 2.45) is 0 Å². The molecule has 0 aliphatic rings. The Kier molecular flexibility index (Phi) is 4.84. The molecule has 2 aromatic heterocycles. The number of nitrogens with zero attached hydrogens (tertiary/aromatic N) is 3. The molecule has 0 amide bonds. The Morgan fingerprint density at radius 3 is 2.74 bits per heavy atom. The molecule has 1 atom stereocenters. The van der Waals surface area contributed by atoms with Crippen LogP contribution in [0.5, 0.6) is 0 Å². The summed E-state index contributed by atoms with van der Waals surface area (Å²) < 4.78 is 2.82. The summed E-state index contributed by atoms with van der Waals surface area (Å²) in [4.78, 5) is 4.33.